The fraction of sp³-hybridized carbons (Fsp3) is 0.550. The van der Waals surface area contributed by atoms with Crippen LogP contribution in [0.5, 0.6) is 0 Å². The number of aryl methyl sites for hydroxylation is 2. The Morgan fingerprint density at radius 1 is 1.30 bits per heavy atom. The molecule has 1 saturated heterocycles. The Morgan fingerprint density at radius 3 is 2.63 bits per heavy atom. The van der Waals surface area contributed by atoms with Gasteiger partial charge in [-0.15, -0.1) is 0 Å². The van der Waals surface area contributed by atoms with E-state index >= 15 is 0 Å². The largest absolute Gasteiger partial charge is 0.419 e. The summed E-state index contributed by atoms with van der Waals surface area (Å²) in [6, 6.07) is 6.75. The van der Waals surface area contributed by atoms with E-state index in [0.717, 1.165) is 16.0 Å². The quantitative estimate of drug-likeness (QED) is 0.815. The van der Waals surface area contributed by atoms with Crippen LogP contribution in [0.3, 0.4) is 0 Å². The molecule has 3 heterocycles. The lowest BCUT2D eigenvalue weighted by molar-refractivity contribution is -0.253. The van der Waals surface area contributed by atoms with Gasteiger partial charge < -0.3 is 10.0 Å². The zero-order valence-electron chi connectivity index (χ0n) is 16.5. The number of halogens is 3. The van der Waals surface area contributed by atoms with Gasteiger partial charge in [0.1, 0.15) is 11.9 Å². The van der Waals surface area contributed by atoms with E-state index in [0.29, 0.717) is 25.1 Å². The molecular formula is C20H23F3N4O3. The van der Waals surface area contributed by atoms with E-state index in [2.05, 4.69) is 5.10 Å². The van der Waals surface area contributed by atoms with E-state index in [1.54, 1.807) is 0 Å². The molecule has 0 unspecified atom stereocenters. The van der Waals surface area contributed by atoms with Gasteiger partial charge in [0.2, 0.25) is 5.91 Å². The second-order valence-corrected chi connectivity index (χ2v) is 8.16. The molecule has 0 saturated carbocycles. The third-order valence-corrected chi connectivity index (χ3v) is 5.96. The molecule has 2 aliphatic rings. The number of carbonyl (C=O) groups excluding carboxylic acids is 1. The number of fused-ring (bicyclic) bond motifs is 1. The molecule has 0 spiro atoms. The Balaban J connectivity index is 1.58. The molecule has 2 atom stereocenters. The van der Waals surface area contributed by atoms with Crippen LogP contribution in [0.2, 0.25) is 0 Å². The summed E-state index contributed by atoms with van der Waals surface area (Å²) in [4.78, 5) is 27.0. The summed E-state index contributed by atoms with van der Waals surface area (Å²) in [6.45, 7) is 1.19. The first kappa shape index (κ1) is 20.6. The van der Waals surface area contributed by atoms with Gasteiger partial charge in [-0.1, -0.05) is 29.8 Å². The molecule has 0 aliphatic carbocycles. The number of amides is 1. The van der Waals surface area contributed by atoms with E-state index in [1.165, 1.54) is 9.25 Å². The average Bonchev–Trinajstić information content (AvgIpc) is 3.25. The first-order chi connectivity index (χ1) is 14.1. The van der Waals surface area contributed by atoms with Crippen LogP contribution in [0.25, 0.3) is 0 Å². The fourth-order valence-electron chi connectivity index (χ4n) is 4.16. The molecule has 2 aliphatic heterocycles. The summed E-state index contributed by atoms with van der Waals surface area (Å²) in [5.41, 5.74) is -1.38. The standard InChI is InChI=1S/C20H23F3N4O3/c1-13-5-7-14(8-6-13)11-26-18(29)27-15(3-2-4-16(27)24-26)17(28)25-10-9-19(30,12-25)20(21,22)23/h5-8,15,30H,2-4,9-12H2,1H3/t15-,19-/m1/s1. The molecule has 1 aromatic heterocycles. The van der Waals surface area contributed by atoms with Crippen molar-refractivity contribution in [3.05, 3.63) is 51.7 Å². The molecule has 10 heteroatoms. The van der Waals surface area contributed by atoms with E-state index in [-0.39, 0.29) is 13.1 Å². The topological polar surface area (TPSA) is 80.4 Å². The lowest BCUT2D eigenvalue weighted by Crippen LogP contribution is -2.49. The molecule has 162 valence electrons. The Labute approximate surface area is 170 Å². The summed E-state index contributed by atoms with van der Waals surface area (Å²) < 4.78 is 41.9. The number of hydrogen-bond acceptors (Lipinski definition) is 4. The summed E-state index contributed by atoms with van der Waals surface area (Å²) in [5, 5.41) is 14.2. The van der Waals surface area contributed by atoms with Crippen molar-refractivity contribution >= 4 is 5.91 Å². The van der Waals surface area contributed by atoms with E-state index in [9.17, 15) is 27.9 Å². The minimum Gasteiger partial charge on any atom is -0.379 e. The van der Waals surface area contributed by atoms with Crippen molar-refractivity contribution < 1.29 is 23.1 Å². The van der Waals surface area contributed by atoms with Crippen molar-refractivity contribution in [3.63, 3.8) is 0 Å². The van der Waals surface area contributed by atoms with Crippen LogP contribution in [0.1, 0.15) is 42.3 Å². The minimum atomic E-state index is -4.81. The van der Waals surface area contributed by atoms with Crippen molar-refractivity contribution in [2.45, 2.75) is 57.0 Å². The van der Waals surface area contributed by atoms with Crippen LogP contribution >= 0.6 is 0 Å². The van der Waals surface area contributed by atoms with Gasteiger partial charge in [0.25, 0.3) is 0 Å². The van der Waals surface area contributed by atoms with Gasteiger partial charge in [0.05, 0.1) is 13.1 Å². The monoisotopic (exact) mass is 424 g/mol. The number of likely N-dealkylation sites (tertiary alicyclic amines) is 1. The Hall–Kier alpha value is -2.62. The normalized spacial score (nSPS) is 24.2. The number of hydrogen-bond donors (Lipinski definition) is 1. The predicted octanol–water partition coefficient (Wildman–Crippen LogP) is 1.80. The molecule has 0 bridgehead atoms. The van der Waals surface area contributed by atoms with E-state index < -0.39 is 42.4 Å². The molecule has 2 aromatic rings. The number of benzene rings is 1. The number of alkyl halides is 3. The maximum atomic E-state index is 13.1. The fourth-order valence-corrected chi connectivity index (χ4v) is 4.16. The highest BCUT2D eigenvalue weighted by molar-refractivity contribution is 5.81. The van der Waals surface area contributed by atoms with Crippen LogP contribution in [-0.4, -0.2) is 55.1 Å². The zero-order valence-corrected chi connectivity index (χ0v) is 16.5. The minimum absolute atomic E-state index is 0.201. The molecule has 30 heavy (non-hydrogen) atoms. The highest BCUT2D eigenvalue weighted by Gasteiger charge is 2.58. The van der Waals surface area contributed by atoms with Crippen LogP contribution < -0.4 is 5.69 Å². The smallest absolute Gasteiger partial charge is 0.379 e. The van der Waals surface area contributed by atoms with E-state index in [1.807, 2.05) is 31.2 Å². The van der Waals surface area contributed by atoms with Crippen LogP contribution in [0.15, 0.2) is 29.1 Å². The molecule has 0 radical (unpaired) electrons. The van der Waals surface area contributed by atoms with E-state index in [4.69, 9.17) is 0 Å². The van der Waals surface area contributed by atoms with Crippen molar-refractivity contribution in [1.82, 2.24) is 19.2 Å². The summed E-state index contributed by atoms with van der Waals surface area (Å²) >= 11 is 0. The van der Waals surface area contributed by atoms with Gasteiger partial charge in [0, 0.05) is 19.4 Å². The van der Waals surface area contributed by atoms with Crippen molar-refractivity contribution in [2.24, 2.45) is 0 Å². The third-order valence-electron chi connectivity index (χ3n) is 5.96. The number of β-amino-alcohol motifs (C(OH)–C–C–N with tert-alkyl or cyclic N) is 1. The summed E-state index contributed by atoms with van der Waals surface area (Å²) in [5.74, 6) is -0.116. The van der Waals surface area contributed by atoms with Gasteiger partial charge in [-0.2, -0.15) is 18.3 Å². The Bertz CT molecular complexity index is 1010. The summed E-state index contributed by atoms with van der Waals surface area (Å²) in [7, 11) is 0. The first-order valence-electron chi connectivity index (χ1n) is 9.91. The van der Waals surface area contributed by atoms with Gasteiger partial charge in [-0.25, -0.2) is 9.48 Å². The van der Waals surface area contributed by atoms with Crippen molar-refractivity contribution in [3.8, 4) is 0 Å². The highest BCUT2D eigenvalue weighted by Crippen LogP contribution is 2.38. The van der Waals surface area contributed by atoms with Crippen molar-refractivity contribution in [2.75, 3.05) is 13.1 Å². The summed E-state index contributed by atoms with van der Waals surface area (Å²) in [6.07, 6.45) is -3.90. The maximum Gasteiger partial charge on any atom is 0.419 e. The second kappa shape index (κ2) is 7.26. The highest BCUT2D eigenvalue weighted by atomic mass is 19.4. The maximum absolute atomic E-state index is 13.1. The molecule has 4 rings (SSSR count). The zero-order chi connectivity index (χ0) is 21.7. The lowest BCUT2D eigenvalue weighted by atomic mass is 10.0. The van der Waals surface area contributed by atoms with Crippen LogP contribution in [0, 0.1) is 6.92 Å². The Kier molecular flexibility index (Phi) is 5.00. The molecule has 1 aromatic carbocycles. The van der Waals surface area contributed by atoms with Gasteiger partial charge in [0.15, 0.2) is 5.60 Å². The van der Waals surface area contributed by atoms with Crippen LogP contribution in [0.4, 0.5) is 13.2 Å². The lowest BCUT2D eigenvalue weighted by Gasteiger charge is -2.29. The predicted molar refractivity (Wildman–Crippen MR) is 101 cm³/mol. The van der Waals surface area contributed by atoms with Crippen LogP contribution in [-0.2, 0) is 17.8 Å². The van der Waals surface area contributed by atoms with Gasteiger partial charge >= 0.3 is 11.9 Å². The molecule has 1 amide bonds. The number of nitrogens with zero attached hydrogens (tertiary/aromatic N) is 4. The third kappa shape index (κ3) is 3.53. The SMILES string of the molecule is Cc1ccc(Cn2nc3n(c2=O)[C@@H](C(=O)N2CC[C@](O)(C(F)(F)F)C2)CCC3)cc1. The molecule has 7 nitrogen and oxygen atoms in total. The second-order valence-electron chi connectivity index (χ2n) is 8.16. The Morgan fingerprint density at radius 2 is 2.00 bits per heavy atom. The average molecular weight is 424 g/mol. The number of aromatic nitrogens is 3. The van der Waals surface area contributed by atoms with Crippen molar-refractivity contribution in [1.29, 1.82) is 0 Å². The van der Waals surface area contributed by atoms with Gasteiger partial charge in [-0.3, -0.25) is 9.36 Å². The number of aliphatic hydroxyl groups is 1. The molecular weight excluding hydrogens is 401 g/mol. The first-order valence-corrected chi connectivity index (χ1v) is 9.91. The van der Waals surface area contributed by atoms with Gasteiger partial charge in [-0.05, 0) is 25.3 Å². The number of rotatable bonds is 3. The molecule has 1 fully saturated rings. The number of carbonyl (C=O) groups is 1. The molecule has 1 N–H and O–H groups in total.